The summed E-state index contributed by atoms with van der Waals surface area (Å²) in [6.45, 7) is 5.20. The molecule has 78 valence electrons. The SMILES string of the molecule is CCOC(=O)C1=C(C)OC(C(C)=O)C1. The summed E-state index contributed by atoms with van der Waals surface area (Å²) in [6.07, 6.45) is -0.172. The number of ether oxygens (including phenoxy) is 2. The van der Waals surface area contributed by atoms with Crippen LogP contribution in [-0.4, -0.2) is 24.5 Å². The zero-order valence-electron chi connectivity index (χ0n) is 8.62. The van der Waals surface area contributed by atoms with E-state index in [0.29, 0.717) is 24.4 Å². The fraction of sp³-hybridized carbons (Fsp3) is 0.600. The summed E-state index contributed by atoms with van der Waals surface area (Å²) >= 11 is 0. The van der Waals surface area contributed by atoms with Crippen LogP contribution in [0.1, 0.15) is 27.2 Å². The second-order valence-electron chi connectivity index (χ2n) is 3.18. The summed E-state index contributed by atoms with van der Waals surface area (Å²) < 4.78 is 10.1. The van der Waals surface area contributed by atoms with E-state index in [4.69, 9.17) is 9.47 Å². The first-order valence-electron chi connectivity index (χ1n) is 4.60. The molecule has 0 fully saturated rings. The minimum atomic E-state index is -0.505. The van der Waals surface area contributed by atoms with Gasteiger partial charge in [-0.3, -0.25) is 4.79 Å². The average molecular weight is 198 g/mol. The molecular weight excluding hydrogens is 184 g/mol. The van der Waals surface area contributed by atoms with E-state index in [2.05, 4.69) is 0 Å². The molecule has 0 radical (unpaired) electrons. The molecule has 0 aromatic rings. The number of allylic oxidation sites excluding steroid dienone is 1. The van der Waals surface area contributed by atoms with E-state index >= 15 is 0 Å². The maximum Gasteiger partial charge on any atom is 0.337 e. The Morgan fingerprint density at radius 1 is 1.57 bits per heavy atom. The molecule has 0 aromatic carbocycles. The zero-order valence-corrected chi connectivity index (χ0v) is 8.62. The number of esters is 1. The highest BCUT2D eigenvalue weighted by Crippen LogP contribution is 2.26. The highest BCUT2D eigenvalue weighted by atomic mass is 16.5. The molecule has 0 amide bonds. The zero-order chi connectivity index (χ0) is 10.7. The van der Waals surface area contributed by atoms with Crippen LogP contribution >= 0.6 is 0 Å². The van der Waals surface area contributed by atoms with Crippen LogP contribution in [0.5, 0.6) is 0 Å². The van der Waals surface area contributed by atoms with E-state index in [1.54, 1.807) is 13.8 Å². The first kappa shape index (κ1) is 10.8. The van der Waals surface area contributed by atoms with Crippen LogP contribution in [0.3, 0.4) is 0 Å². The lowest BCUT2D eigenvalue weighted by molar-refractivity contribution is -0.138. The minimum Gasteiger partial charge on any atom is -0.486 e. The number of carbonyl (C=O) groups is 2. The molecule has 1 atom stereocenters. The van der Waals surface area contributed by atoms with Gasteiger partial charge in [-0.15, -0.1) is 0 Å². The average Bonchev–Trinajstić information content (AvgIpc) is 2.48. The monoisotopic (exact) mass is 198 g/mol. The number of ketones is 1. The second kappa shape index (κ2) is 4.26. The molecule has 0 bridgehead atoms. The van der Waals surface area contributed by atoms with Gasteiger partial charge in [-0.05, 0) is 20.8 Å². The molecule has 0 aliphatic carbocycles. The summed E-state index contributed by atoms with van der Waals surface area (Å²) in [5, 5.41) is 0. The van der Waals surface area contributed by atoms with Gasteiger partial charge in [0.1, 0.15) is 5.76 Å². The van der Waals surface area contributed by atoms with Gasteiger partial charge in [-0.2, -0.15) is 0 Å². The third-order valence-electron chi connectivity index (χ3n) is 2.11. The quantitative estimate of drug-likeness (QED) is 0.639. The van der Waals surface area contributed by atoms with Crippen molar-refractivity contribution in [3.63, 3.8) is 0 Å². The third kappa shape index (κ3) is 2.13. The molecule has 0 saturated carbocycles. The second-order valence-corrected chi connectivity index (χ2v) is 3.18. The fourth-order valence-corrected chi connectivity index (χ4v) is 1.33. The summed E-state index contributed by atoms with van der Waals surface area (Å²) in [5.74, 6) is 0.0565. The molecule has 4 nitrogen and oxygen atoms in total. The van der Waals surface area contributed by atoms with Crippen molar-refractivity contribution < 1.29 is 19.1 Å². The maximum atomic E-state index is 11.4. The molecule has 14 heavy (non-hydrogen) atoms. The Bertz CT molecular complexity index is 290. The van der Waals surface area contributed by atoms with E-state index in [0.717, 1.165) is 0 Å². The van der Waals surface area contributed by atoms with Gasteiger partial charge >= 0.3 is 5.97 Å². The number of hydrogen-bond donors (Lipinski definition) is 0. The predicted octanol–water partition coefficient (Wildman–Crippen LogP) is 1.20. The van der Waals surface area contributed by atoms with Gasteiger partial charge in [0.15, 0.2) is 11.9 Å². The van der Waals surface area contributed by atoms with Crippen molar-refractivity contribution in [1.29, 1.82) is 0 Å². The van der Waals surface area contributed by atoms with Gasteiger partial charge in [-0.1, -0.05) is 0 Å². The molecular formula is C10H14O4. The van der Waals surface area contributed by atoms with Gasteiger partial charge in [0.25, 0.3) is 0 Å². The number of carbonyl (C=O) groups excluding carboxylic acids is 2. The highest BCUT2D eigenvalue weighted by Gasteiger charge is 2.31. The molecule has 0 N–H and O–H groups in total. The maximum absolute atomic E-state index is 11.4. The molecule has 0 saturated heterocycles. The number of rotatable bonds is 3. The van der Waals surface area contributed by atoms with Crippen LogP contribution in [0, 0.1) is 0 Å². The van der Waals surface area contributed by atoms with Crippen molar-refractivity contribution in [3.8, 4) is 0 Å². The van der Waals surface area contributed by atoms with Crippen LogP contribution in [0.4, 0.5) is 0 Å². The lowest BCUT2D eigenvalue weighted by atomic mass is 10.1. The van der Waals surface area contributed by atoms with Gasteiger partial charge in [-0.25, -0.2) is 4.79 Å². The van der Waals surface area contributed by atoms with Crippen LogP contribution < -0.4 is 0 Å². The first-order chi connectivity index (χ1) is 6.56. The standard InChI is InChI=1S/C10H14O4/c1-4-13-10(12)8-5-9(6(2)11)14-7(8)3/h9H,4-5H2,1-3H3. The molecule has 4 heteroatoms. The summed E-state index contributed by atoms with van der Waals surface area (Å²) in [6, 6.07) is 0. The van der Waals surface area contributed by atoms with Crippen molar-refractivity contribution >= 4 is 11.8 Å². The molecule has 1 rings (SSSR count). The largest absolute Gasteiger partial charge is 0.486 e. The number of Topliss-reactive ketones (excluding diaryl/α,β-unsaturated/α-hetero) is 1. The van der Waals surface area contributed by atoms with Crippen LogP contribution in [0.25, 0.3) is 0 Å². The van der Waals surface area contributed by atoms with E-state index in [-0.39, 0.29) is 11.8 Å². The van der Waals surface area contributed by atoms with Gasteiger partial charge in [0.2, 0.25) is 0 Å². The molecule has 0 spiro atoms. The fourth-order valence-electron chi connectivity index (χ4n) is 1.33. The Kier molecular flexibility index (Phi) is 3.28. The van der Waals surface area contributed by atoms with Crippen molar-refractivity contribution in [3.05, 3.63) is 11.3 Å². The molecule has 1 aliphatic heterocycles. The van der Waals surface area contributed by atoms with Crippen LogP contribution in [-0.2, 0) is 19.1 Å². The lowest BCUT2D eigenvalue weighted by Crippen LogP contribution is -2.17. The predicted molar refractivity (Wildman–Crippen MR) is 49.5 cm³/mol. The summed E-state index contributed by atoms with van der Waals surface area (Å²) in [5.41, 5.74) is 0.479. The van der Waals surface area contributed by atoms with Crippen LogP contribution in [0.15, 0.2) is 11.3 Å². The van der Waals surface area contributed by atoms with E-state index < -0.39 is 6.10 Å². The Balaban J connectivity index is 2.67. The highest BCUT2D eigenvalue weighted by molar-refractivity contribution is 5.92. The van der Waals surface area contributed by atoms with Crippen molar-refractivity contribution in [2.24, 2.45) is 0 Å². The third-order valence-corrected chi connectivity index (χ3v) is 2.11. The normalized spacial score (nSPS) is 20.6. The Morgan fingerprint density at radius 2 is 2.21 bits per heavy atom. The lowest BCUT2D eigenvalue weighted by Gasteiger charge is -2.05. The van der Waals surface area contributed by atoms with Crippen molar-refractivity contribution in [2.75, 3.05) is 6.61 Å². The van der Waals surface area contributed by atoms with Crippen molar-refractivity contribution in [2.45, 2.75) is 33.3 Å². The molecule has 1 heterocycles. The van der Waals surface area contributed by atoms with Gasteiger partial charge in [0.05, 0.1) is 12.2 Å². The van der Waals surface area contributed by atoms with E-state index in [1.807, 2.05) is 0 Å². The van der Waals surface area contributed by atoms with Crippen LogP contribution in [0.2, 0.25) is 0 Å². The molecule has 0 aromatic heterocycles. The van der Waals surface area contributed by atoms with Gasteiger partial charge in [0, 0.05) is 6.42 Å². The van der Waals surface area contributed by atoms with E-state index in [1.165, 1.54) is 6.92 Å². The Labute approximate surface area is 82.9 Å². The van der Waals surface area contributed by atoms with Gasteiger partial charge < -0.3 is 9.47 Å². The minimum absolute atomic E-state index is 0.0661. The topological polar surface area (TPSA) is 52.6 Å². The Morgan fingerprint density at radius 3 is 2.64 bits per heavy atom. The van der Waals surface area contributed by atoms with Crippen molar-refractivity contribution in [1.82, 2.24) is 0 Å². The number of hydrogen-bond acceptors (Lipinski definition) is 4. The van der Waals surface area contributed by atoms with E-state index in [9.17, 15) is 9.59 Å². The Hall–Kier alpha value is -1.32. The summed E-state index contributed by atoms with van der Waals surface area (Å²) in [7, 11) is 0. The summed E-state index contributed by atoms with van der Waals surface area (Å²) in [4.78, 5) is 22.4. The smallest absolute Gasteiger partial charge is 0.337 e. The first-order valence-corrected chi connectivity index (χ1v) is 4.60. The molecule has 1 aliphatic rings. The molecule has 1 unspecified atom stereocenters.